The van der Waals surface area contributed by atoms with E-state index in [9.17, 15) is 17.6 Å². The molecule has 1 amide bonds. The van der Waals surface area contributed by atoms with Gasteiger partial charge in [-0.05, 0) is 36.6 Å². The van der Waals surface area contributed by atoms with Gasteiger partial charge in [0.15, 0.2) is 0 Å². The molecule has 0 bridgehead atoms. The largest absolute Gasteiger partial charge is 0.339 e. The van der Waals surface area contributed by atoms with Crippen molar-refractivity contribution in [3.63, 3.8) is 0 Å². The normalized spacial score (nSPS) is 17.7. The lowest BCUT2D eigenvalue weighted by Gasteiger charge is -2.10. The molecule has 10 nitrogen and oxygen atoms in total. The van der Waals surface area contributed by atoms with Gasteiger partial charge in [0, 0.05) is 24.0 Å². The predicted molar refractivity (Wildman–Crippen MR) is 122 cm³/mol. The Kier molecular flexibility index (Phi) is 5.41. The van der Waals surface area contributed by atoms with Gasteiger partial charge in [-0.15, -0.1) is 0 Å². The van der Waals surface area contributed by atoms with E-state index in [0.29, 0.717) is 34.7 Å². The summed E-state index contributed by atoms with van der Waals surface area (Å²) in [5.41, 5.74) is 3.49. The maximum atomic E-state index is 13.3. The van der Waals surface area contributed by atoms with Gasteiger partial charge in [-0.25, -0.2) is 22.5 Å². The predicted octanol–water partition coefficient (Wildman–Crippen LogP) is 2.82. The summed E-state index contributed by atoms with van der Waals surface area (Å²) in [5.74, 6) is -0.130. The smallest absolute Gasteiger partial charge is 0.274 e. The Morgan fingerprint density at radius 2 is 2.09 bits per heavy atom. The van der Waals surface area contributed by atoms with Gasteiger partial charge in [-0.1, -0.05) is 23.4 Å². The van der Waals surface area contributed by atoms with Crippen LogP contribution in [0.1, 0.15) is 39.8 Å². The summed E-state index contributed by atoms with van der Waals surface area (Å²) in [6, 6.07) is 8.79. The fourth-order valence-corrected chi connectivity index (χ4v) is 3.95. The van der Waals surface area contributed by atoms with Crippen molar-refractivity contribution in [2.45, 2.75) is 32.0 Å². The molecule has 4 aromatic rings. The Morgan fingerprint density at radius 1 is 1.29 bits per heavy atom. The summed E-state index contributed by atoms with van der Waals surface area (Å²) in [6.07, 6.45) is 3.65. The number of sulfonamides is 1. The Balaban J connectivity index is 1.38. The number of hydrogen-bond acceptors (Lipinski definition) is 7. The van der Waals surface area contributed by atoms with E-state index in [4.69, 9.17) is 4.52 Å². The topological polar surface area (TPSA) is 131 Å². The Morgan fingerprint density at radius 3 is 2.82 bits per heavy atom. The Bertz CT molecular complexity index is 1510. The standard InChI is InChI=1S/C22H21FN6O4S/c1-12-3-5-14(20-27-22(33-28-20)15-8-16(15)23)7-17(12)26-21(30)18-10-24-19-6-4-13(11-29(18)19)9-25-34(2,31)32/h3-7,10-11,15-16,25H,8-9H2,1-2H3,(H,26,30)/t15-,16-/m0/s1. The minimum atomic E-state index is -3.35. The number of nitrogens with one attached hydrogen (secondary N) is 2. The molecule has 0 radical (unpaired) electrons. The molecule has 176 valence electrons. The van der Waals surface area contributed by atoms with Gasteiger partial charge in [0.2, 0.25) is 21.7 Å². The number of carbonyl (C=O) groups is 1. The van der Waals surface area contributed by atoms with Gasteiger partial charge < -0.3 is 9.84 Å². The molecule has 1 aliphatic rings. The number of pyridine rings is 1. The van der Waals surface area contributed by atoms with E-state index in [-0.39, 0.29) is 24.0 Å². The fourth-order valence-electron chi connectivity index (χ4n) is 3.52. The number of anilines is 1. The first kappa shape index (κ1) is 22.2. The second-order valence-electron chi connectivity index (χ2n) is 8.30. The number of benzene rings is 1. The molecule has 0 saturated heterocycles. The number of imidazole rings is 1. The molecule has 1 fully saturated rings. The summed E-state index contributed by atoms with van der Waals surface area (Å²) in [4.78, 5) is 21.6. The van der Waals surface area contributed by atoms with Crippen LogP contribution in [0.25, 0.3) is 17.0 Å². The molecule has 5 rings (SSSR count). The number of hydrogen-bond donors (Lipinski definition) is 2. The van der Waals surface area contributed by atoms with Crippen LogP contribution < -0.4 is 10.0 Å². The third kappa shape index (κ3) is 4.54. The van der Waals surface area contributed by atoms with E-state index in [1.54, 1.807) is 34.9 Å². The zero-order valence-corrected chi connectivity index (χ0v) is 19.1. The summed E-state index contributed by atoms with van der Waals surface area (Å²) in [7, 11) is -3.35. The number of aryl methyl sites for hydroxylation is 1. The van der Waals surface area contributed by atoms with Gasteiger partial charge in [-0.2, -0.15) is 4.98 Å². The molecule has 2 N–H and O–H groups in total. The van der Waals surface area contributed by atoms with E-state index in [2.05, 4.69) is 25.2 Å². The molecule has 2 atom stereocenters. The molecule has 3 heterocycles. The minimum Gasteiger partial charge on any atom is -0.339 e. The van der Waals surface area contributed by atoms with Crippen molar-refractivity contribution in [2.24, 2.45) is 0 Å². The van der Waals surface area contributed by atoms with Crippen molar-refractivity contribution in [3.8, 4) is 11.4 Å². The molecule has 12 heteroatoms. The highest BCUT2D eigenvalue weighted by Gasteiger charge is 2.43. The van der Waals surface area contributed by atoms with Gasteiger partial charge in [0.25, 0.3) is 5.91 Å². The van der Waals surface area contributed by atoms with Crippen LogP contribution in [0.4, 0.5) is 10.1 Å². The van der Waals surface area contributed by atoms with Crippen LogP contribution in [0.15, 0.2) is 47.2 Å². The molecule has 34 heavy (non-hydrogen) atoms. The van der Waals surface area contributed by atoms with Crippen LogP contribution >= 0.6 is 0 Å². The van der Waals surface area contributed by atoms with Crippen molar-refractivity contribution >= 4 is 27.3 Å². The summed E-state index contributed by atoms with van der Waals surface area (Å²) in [6.45, 7) is 1.94. The molecule has 1 aromatic carbocycles. The molecule has 1 saturated carbocycles. The number of halogens is 1. The molecule has 0 unspecified atom stereocenters. The highest BCUT2D eigenvalue weighted by molar-refractivity contribution is 7.88. The van der Waals surface area contributed by atoms with Crippen molar-refractivity contribution in [1.29, 1.82) is 0 Å². The van der Waals surface area contributed by atoms with Gasteiger partial charge in [-0.3, -0.25) is 9.20 Å². The molecule has 0 spiro atoms. The summed E-state index contributed by atoms with van der Waals surface area (Å²) >= 11 is 0. The number of rotatable bonds is 7. The maximum Gasteiger partial charge on any atom is 0.274 e. The summed E-state index contributed by atoms with van der Waals surface area (Å²) < 4.78 is 45.3. The monoisotopic (exact) mass is 484 g/mol. The average Bonchev–Trinajstić information content (AvgIpc) is 3.17. The van der Waals surface area contributed by atoms with Crippen molar-refractivity contribution in [1.82, 2.24) is 24.2 Å². The van der Waals surface area contributed by atoms with Crippen LogP contribution in [-0.4, -0.2) is 46.3 Å². The molecular weight excluding hydrogens is 463 g/mol. The van der Waals surface area contributed by atoms with Crippen LogP contribution in [-0.2, 0) is 16.6 Å². The van der Waals surface area contributed by atoms with E-state index < -0.39 is 22.1 Å². The van der Waals surface area contributed by atoms with Crippen LogP contribution in [0.2, 0.25) is 0 Å². The molecule has 1 aliphatic carbocycles. The fraction of sp³-hybridized carbons (Fsp3) is 0.273. The third-order valence-corrected chi connectivity index (χ3v) is 6.22. The zero-order valence-electron chi connectivity index (χ0n) is 18.3. The molecule has 0 aliphatic heterocycles. The van der Waals surface area contributed by atoms with Gasteiger partial charge in [0.05, 0.1) is 18.4 Å². The SMILES string of the molecule is Cc1ccc(-c2noc([C@H]3C[C@@H]3F)n2)cc1NC(=O)c1cnc2ccc(CNS(C)(=O)=O)cn12. The van der Waals surface area contributed by atoms with Gasteiger partial charge in [0.1, 0.15) is 17.5 Å². The second kappa shape index (κ2) is 8.29. The highest BCUT2D eigenvalue weighted by Crippen LogP contribution is 2.43. The average molecular weight is 485 g/mol. The first-order valence-corrected chi connectivity index (χ1v) is 12.4. The van der Waals surface area contributed by atoms with Crippen LogP contribution in [0.5, 0.6) is 0 Å². The minimum absolute atomic E-state index is 0.0892. The Labute approximate surface area is 194 Å². The van der Waals surface area contributed by atoms with Crippen molar-refractivity contribution in [3.05, 3.63) is 65.4 Å². The molecular formula is C22H21FN6O4S. The number of amides is 1. The van der Waals surface area contributed by atoms with Crippen molar-refractivity contribution in [2.75, 3.05) is 11.6 Å². The number of aromatic nitrogens is 4. The van der Waals surface area contributed by atoms with E-state index in [0.717, 1.165) is 11.8 Å². The lowest BCUT2D eigenvalue weighted by atomic mass is 10.1. The van der Waals surface area contributed by atoms with Gasteiger partial charge >= 0.3 is 0 Å². The highest BCUT2D eigenvalue weighted by atomic mass is 32.2. The van der Waals surface area contributed by atoms with Crippen molar-refractivity contribution < 1.29 is 22.1 Å². The first-order chi connectivity index (χ1) is 16.2. The number of carbonyl (C=O) groups excluding carboxylic acids is 1. The van der Waals surface area contributed by atoms with E-state index in [1.165, 1.54) is 6.20 Å². The number of alkyl halides is 1. The Hall–Kier alpha value is -3.64. The summed E-state index contributed by atoms with van der Waals surface area (Å²) in [5, 5.41) is 6.82. The van der Waals surface area contributed by atoms with E-state index in [1.807, 2.05) is 13.0 Å². The lowest BCUT2D eigenvalue weighted by molar-refractivity contribution is 0.102. The van der Waals surface area contributed by atoms with E-state index >= 15 is 0 Å². The molecule has 3 aromatic heterocycles. The first-order valence-electron chi connectivity index (χ1n) is 10.5. The number of fused-ring (bicyclic) bond motifs is 1. The number of nitrogens with zero attached hydrogens (tertiary/aromatic N) is 4. The second-order valence-corrected chi connectivity index (χ2v) is 10.1. The lowest BCUT2D eigenvalue weighted by Crippen LogP contribution is -2.21. The zero-order chi connectivity index (χ0) is 24.0. The quantitative estimate of drug-likeness (QED) is 0.412. The maximum absolute atomic E-state index is 13.3. The third-order valence-electron chi connectivity index (χ3n) is 5.55. The van der Waals surface area contributed by atoms with Crippen LogP contribution in [0.3, 0.4) is 0 Å². The van der Waals surface area contributed by atoms with Crippen LogP contribution in [0, 0.1) is 6.92 Å².